The Morgan fingerprint density at radius 2 is 1.19 bits per heavy atom. The third-order valence-electron chi connectivity index (χ3n) is 15.0. The molecule has 1 nitrogen and oxygen atoms in total. The molecule has 0 N–H and O–H groups in total. The molecule has 3 saturated carbocycles. The van der Waals surface area contributed by atoms with E-state index in [1.54, 1.807) is 0 Å². The Morgan fingerprint density at radius 3 is 1.95 bits per heavy atom. The van der Waals surface area contributed by atoms with Crippen molar-refractivity contribution in [1.82, 2.24) is 0 Å². The van der Waals surface area contributed by atoms with Crippen molar-refractivity contribution in [1.29, 1.82) is 0 Å². The first-order valence-corrected chi connectivity index (χ1v) is 22.5. The molecular weight excluding hydrogens is 711 g/mol. The van der Waals surface area contributed by atoms with Gasteiger partial charge in [-0.2, -0.15) is 0 Å². The number of nitrogens with zero attached hydrogens (tertiary/aromatic N) is 1. The molecule has 0 spiro atoms. The van der Waals surface area contributed by atoms with Gasteiger partial charge in [0, 0.05) is 22.4 Å². The summed E-state index contributed by atoms with van der Waals surface area (Å²) < 4.78 is 0. The van der Waals surface area contributed by atoms with Crippen LogP contribution in [0.4, 0.5) is 17.1 Å². The Bertz CT molecular complexity index is 2630. The highest BCUT2D eigenvalue weighted by molar-refractivity contribution is 5.98. The van der Waals surface area contributed by atoms with Crippen molar-refractivity contribution in [2.45, 2.75) is 88.9 Å². The van der Waals surface area contributed by atoms with Crippen molar-refractivity contribution in [3.63, 3.8) is 0 Å². The molecule has 7 aromatic rings. The van der Waals surface area contributed by atoms with Gasteiger partial charge in [-0.1, -0.05) is 173 Å². The van der Waals surface area contributed by atoms with Crippen LogP contribution in [0.3, 0.4) is 0 Å². The molecule has 59 heavy (non-hydrogen) atoms. The molecule has 11 rings (SSSR count). The second-order valence-electron chi connectivity index (χ2n) is 18.7. The van der Waals surface area contributed by atoms with Crippen LogP contribution in [0.5, 0.6) is 0 Å². The zero-order chi connectivity index (χ0) is 39.5. The van der Waals surface area contributed by atoms with Crippen molar-refractivity contribution in [3.8, 4) is 44.5 Å². The first-order valence-electron chi connectivity index (χ1n) is 22.5. The summed E-state index contributed by atoms with van der Waals surface area (Å²) in [5.41, 5.74) is 19.7. The molecule has 4 aliphatic carbocycles. The van der Waals surface area contributed by atoms with E-state index < -0.39 is 0 Å². The topological polar surface area (TPSA) is 3.24 Å². The van der Waals surface area contributed by atoms with E-state index in [4.69, 9.17) is 0 Å². The molecule has 0 aliphatic heterocycles. The van der Waals surface area contributed by atoms with Gasteiger partial charge in [0.1, 0.15) is 0 Å². The quantitative estimate of drug-likeness (QED) is 0.149. The molecule has 0 aromatic heterocycles. The summed E-state index contributed by atoms with van der Waals surface area (Å²) in [6, 6.07) is 62.6. The fourth-order valence-corrected chi connectivity index (χ4v) is 12.1. The first-order chi connectivity index (χ1) is 29.0. The molecule has 3 atom stereocenters. The van der Waals surface area contributed by atoms with Crippen LogP contribution in [0.2, 0.25) is 0 Å². The summed E-state index contributed by atoms with van der Waals surface area (Å²) in [4.78, 5) is 2.58. The molecule has 0 amide bonds. The van der Waals surface area contributed by atoms with Crippen LogP contribution in [0.1, 0.15) is 106 Å². The minimum Gasteiger partial charge on any atom is -0.310 e. The van der Waals surface area contributed by atoms with Gasteiger partial charge < -0.3 is 4.90 Å². The summed E-state index contributed by atoms with van der Waals surface area (Å²) in [5, 5.41) is 0. The lowest BCUT2D eigenvalue weighted by molar-refractivity contribution is 0.420. The number of rotatable bonds is 8. The molecule has 3 fully saturated rings. The molecule has 7 aromatic carbocycles. The number of fused-ring (bicyclic) bond motifs is 5. The molecule has 0 heterocycles. The summed E-state index contributed by atoms with van der Waals surface area (Å²) in [7, 11) is 0. The molecule has 4 aliphatic rings. The largest absolute Gasteiger partial charge is 0.310 e. The van der Waals surface area contributed by atoms with E-state index in [-0.39, 0.29) is 5.41 Å². The summed E-state index contributed by atoms with van der Waals surface area (Å²) in [6.45, 7) is 4.86. The van der Waals surface area contributed by atoms with Crippen LogP contribution >= 0.6 is 0 Å². The van der Waals surface area contributed by atoms with Crippen LogP contribution < -0.4 is 4.90 Å². The van der Waals surface area contributed by atoms with Gasteiger partial charge >= 0.3 is 0 Å². The summed E-state index contributed by atoms with van der Waals surface area (Å²) in [6.07, 6.45) is 12.2. The van der Waals surface area contributed by atoms with Gasteiger partial charge in [-0.3, -0.25) is 0 Å². The Hall–Kier alpha value is -5.66. The van der Waals surface area contributed by atoms with Gasteiger partial charge in [-0.15, -0.1) is 0 Å². The zero-order valence-corrected chi connectivity index (χ0v) is 34.7. The van der Waals surface area contributed by atoms with Crippen LogP contribution in [-0.2, 0) is 5.41 Å². The monoisotopic (exact) mass is 765 g/mol. The van der Waals surface area contributed by atoms with Crippen molar-refractivity contribution < 1.29 is 0 Å². The SMILES string of the molecule is CC1(C)c2ccccc2-c2ccc(N(c3ccc(C4CC5CCC4C5)cc3)c3cccc(-c4ccccc4C4CCCCC4)c3)c(-c3ccc(-c4ccccc4)cc3)c21. The molecule has 2 bridgehead atoms. The van der Waals surface area contributed by atoms with Gasteiger partial charge in [-0.25, -0.2) is 0 Å². The van der Waals surface area contributed by atoms with Crippen LogP contribution in [0.15, 0.2) is 164 Å². The second-order valence-corrected chi connectivity index (χ2v) is 18.7. The van der Waals surface area contributed by atoms with Crippen molar-refractivity contribution in [3.05, 3.63) is 186 Å². The van der Waals surface area contributed by atoms with Crippen molar-refractivity contribution >= 4 is 17.1 Å². The third kappa shape index (κ3) is 6.37. The van der Waals surface area contributed by atoms with Gasteiger partial charge in [0.15, 0.2) is 0 Å². The maximum absolute atomic E-state index is 2.58. The number of hydrogen-bond acceptors (Lipinski definition) is 1. The third-order valence-corrected chi connectivity index (χ3v) is 15.0. The highest BCUT2D eigenvalue weighted by atomic mass is 15.1. The lowest BCUT2D eigenvalue weighted by atomic mass is 9.78. The Morgan fingerprint density at radius 1 is 0.492 bits per heavy atom. The number of hydrogen-bond donors (Lipinski definition) is 0. The maximum atomic E-state index is 2.58. The average molecular weight is 766 g/mol. The molecule has 292 valence electrons. The molecular formula is C58H55N. The fourth-order valence-electron chi connectivity index (χ4n) is 12.1. The van der Waals surface area contributed by atoms with E-state index in [1.165, 1.54) is 142 Å². The van der Waals surface area contributed by atoms with Gasteiger partial charge in [0.2, 0.25) is 0 Å². The van der Waals surface area contributed by atoms with E-state index in [0.717, 1.165) is 11.8 Å². The Balaban J connectivity index is 1.11. The molecule has 3 unspecified atom stereocenters. The standard InChI is InChI=1S/C58H55N/c1-58(2)54-23-12-11-22-51(54)52-34-35-55(56(57(52)58)44-28-26-41(27-29-44)40-14-5-3-6-15-40)59(47-32-30-43(31-33-47)53-37-39-24-25-46(53)36-39)48-19-13-18-45(38-48)50-21-10-9-20-49(50)42-16-7-4-8-17-42/h3,5-6,9-15,18-23,26-35,38-39,42,46,53H,4,7-8,16-17,24-25,36-37H2,1-2H3. The maximum Gasteiger partial charge on any atom is 0.0543 e. The summed E-state index contributed by atoms with van der Waals surface area (Å²) >= 11 is 0. The van der Waals surface area contributed by atoms with Gasteiger partial charge in [0.05, 0.1) is 5.69 Å². The Kier molecular flexibility index (Phi) is 9.18. The van der Waals surface area contributed by atoms with E-state index in [2.05, 4.69) is 183 Å². The van der Waals surface area contributed by atoms with Crippen molar-refractivity contribution in [2.24, 2.45) is 11.8 Å². The molecule has 0 radical (unpaired) electrons. The van der Waals surface area contributed by atoms with E-state index >= 15 is 0 Å². The van der Waals surface area contributed by atoms with Gasteiger partial charge in [0.25, 0.3) is 0 Å². The van der Waals surface area contributed by atoms with E-state index in [9.17, 15) is 0 Å². The Labute approximate surface area is 351 Å². The lowest BCUT2D eigenvalue weighted by Crippen LogP contribution is -2.19. The van der Waals surface area contributed by atoms with Crippen molar-refractivity contribution in [2.75, 3.05) is 4.90 Å². The lowest BCUT2D eigenvalue weighted by Gasteiger charge is -2.33. The van der Waals surface area contributed by atoms with E-state index in [0.29, 0.717) is 11.8 Å². The average Bonchev–Trinajstić information content (AvgIpc) is 4.00. The highest BCUT2D eigenvalue weighted by Crippen LogP contribution is 2.57. The second kappa shape index (κ2) is 14.9. The molecule has 1 heteroatoms. The van der Waals surface area contributed by atoms with Crippen LogP contribution in [0, 0.1) is 11.8 Å². The van der Waals surface area contributed by atoms with Crippen LogP contribution in [-0.4, -0.2) is 0 Å². The number of benzene rings is 7. The highest BCUT2D eigenvalue weighted by Gasteiger charge is 2.41. The first kappa shape index (κ1) is 36.4. The predicted octanol–water partition coefficient (Wildman–Crippen LogP) is 16.4. The van der Waals surface area contributed by atoms with Gasteiger partial charge in [-0.05, 0) is 147 Å². The summed E-state index contributed by atoms with van der Waals surface area (Å²) in [5.74, 6) is 3.11. The smallest absolute Gasteiger partial charge is 0.0543 e. The fraction of sp³-hybridized carbons (Fsp3) is 0.276. The van der Waals surface area contributed by atoms with E-state index in [1.807, 2.05) is 0 Å². The normalized spacial score (nSPS) is 20.3. The number of anilines is 3. The molecule has 0 saturated heterocycles. The minimum atomic E-state index is -0.187. The minimum absolute atomic E-state index is 0.187. The predicted molar refractivity (Wildman–Crippen MR) is 249 cm³/mol. The van der Waals surface area contributed by atoms with Crippen LogP contribution in [0.25, 0.3) is 44.5 Å². The zero-order valence-electron chi connectivity index (χ0n) is 34.7.